The third-order valence-electron chi connectivity index (χ3n) is 4.88. The Morgan fingerprint density at radius 3 is 2.79 bits per heavy atom. The molecule has 0 saturated carbocycles. The third kappa shape index (κ3) is 2.42. The maximum absolute atomic E-state index is 12.8. The third-order valence-corrected chi connectivity index (χ3v) is 4.88. The SMILES string of the molecule is Cc1ccccc1C(=O)N(C)Cc1c2c(cc3c1OCC3)OCC2. The molecule has 2 aromatic carbocycles. The molecule has 124 valence electrons. The van der Waals surface area contributed by atoms with E-state index in [1.54, 1.807) is 4.90 Å². The van der Waals surface area contributed by atoms with Crippen LogP contribution in [0.1, 0.15) is 32.6 Å². The topological polar surface area (TPSA) is 38.8 Å². The second-order valence-corrected chi connectivity index (χ2v) is 6.49. The molecule has 4 heteroatoms. The Morgan fingerprint density at radius 1 is 1.17 bits per heavy atom. The first-order valence-electron chi connectivity index (χ1n) is 8.39. The Labute approximate surface area is 142 Å². The number of hydrogen-bond acceptors (Lipinski definition) is 3. The highest BCUT2D eigenvalue weighted by Gasteiger charge is 2.28. The van der Waals surface area contributed by atoms with E-state index in [9.17, 15) is 4.79 Å². The smallest absolute Gasteiger partial charge is 0.254 e. The lowest BCUT2D eigenvalue weighted by molar-refractivity contribution is 0.0783. The van der Waals surface area contributed by atoms with Gasteiger partial charge in [-0.05, 0) is 24.6 Å². The largest absolute Gasteiger partial charge is 0.493 e. The number of aryl methyl sites for hydroxylation is 1. The molecule has 0 aliphatic carbocycles. The summed E-state index contributed by atoms with van der Waals surface area (Å²) in [5, 5.41) is 0. The van der Waals surface area contributed by atoms with Gasteiger partial charge in [0, 0.05) is 48.7 Å². The molecule has 0 aromatic heterocycles. The summed E-state index contributed by atoms with van der Waals surface area (Å²) in [7, 11) is 1.85. The fourth-order valence-corrected chi connectivity index (χ4v) is 3.58. The molecule has 2 aromatic rings. The van der Waals surface area contributed by atoms with E-state index in [1.807, 2.05) is 38.2 Å². The summed E-state index contributed by atoms with van der Waals surface area (Å²) < 4.78 is 11.6. The van der Waals surface area contributed by atoms with Crippen molar-refractivity contribution in [2.24, 2.45) is 0 Å². The van der Waals surface area contributed by atoms with Crippen LogP contribution in [0.15, 0.2) is 30.3 Å². The lowest BCUT2D eigenvalue weighted by Crippen LogP contribution is -2.27. The van der Waals surface area contributed by atoms with Crippen molar-refractivity contribution in [1.82, 2.24) is 4.90 Å². The molecule has 4 rings (SSSR count). The Bertz CT molecular complexity index is 781. The van der Waals surface area contributed by atoms with Gasteiger partial charge in [0.05, 0.1) is 13.2 Å². The summed E-state index contributed by atoms with van der Waals surface area (Å²) in [5.41, 5.74) is 5.25. The summed E-state index contributed by atoms with van der Waals surface area (Å²) in [6, 6.07) is 9.82. The number of hydrogen-bond donors (Lipinski definition) is 0. The lowest BCUT2D eigenvalue weighted by Gasteiger charge is -2.21. The van der Waals surface area contributed by atoms with Crippen LogP contribution in [0, 0.1) is 6.92 Å². The molecule has 1 amide bonds. The fraction of sp³-hybridized carbons (Fsp3) is 0.350. The van der Waals surface area contributed by atoms with Crippen molar-refractivity contribution in [3.05, 3.63) is 58.1 Å². The molecule has 2 aliphatic heterocycles. The molecule has 0 unspecified atom stereocenters. The van der Waals surface area contributed by atoms with Gasteiger partial charge in [0.2, 0.25) is 0 Å². The second kappa shape index (κ2) is 5.86. The number of ether oxygens (including phenoxy) is 2. The average Bonchev–Trinajstić information content (AvgIpc) is 3.23. The van der Waals surface area contributed by atoms with E-state index in [1.165, 1.54) is 11.1 Å². The van der Waals surface area contributed by atoms with Crippen molar-refractivity contribution in [2.45, 2.75) is 26.3 Å². The van der Waals surface area contributed by atoms with Crippen molar-refractivity contribution in [2.75, 3.05) is 20.3 Å². The molecule has 0 bridgehead atoms. The van der Waals surface area contributed by atoms with E-state index in [-0.39, 0.29) is 5.91 Å². The minimum atomic E-state index is 0.0383. The minimum absolute atomic E-state index is 0.0383. The van der Waals surface area contributed by atoms with Crippen molar-refractivity contribution >= 4 is 5.91 Å². The molecule has 0 spiro atoms. The van der Waals surface area contributed by atoms with E-state index in [0.717, 1.165) is 41.0 Å². The molecule has 2 aliphatic rings. The van der Waals surface area contributed by atoms with Crippen molar-refractivity contribution in [3.8, 4) is 11.5 Å². The summed E-state index contributed by atoms with van der Waals surface area (Å²) in [6.45, 7) is 3.93. The van der Waals surface area contributed by atoms with Gasteiger partial charge in [-0.3, -0.25) is 4.79 Å². The van der Waals surface area contributed by atoms with E-state index >= 15 is 0 Å². The molecular weight excluding hydrogens is 302 g/mol. The average molecular weight is 323 g/mol. The monoisotopic (exact) mass is 323 g/mol. The number of carbonyl (C=O) groups is 1. The number of amides is 1. The van der Waals surface area contributed by atoms with Crippen molar-refractivity contribution < 1.29 is 14.3 Å². The summed E-state index contributed by atoms with van der Waals surface area (Å²) >= 11 is 0. The standard InChI is InChI=1S/C20H21NO3/c1-13-5-3-4-6-15(13)20(22)21(2)12-17-16-8-10-23-18(16)11-14-7-9-24-19(14)17/h3-6,11H,7-10,12H2,1-2H3. The van der Waals surface area contributed by atoms with Gasteiger partial charge in [0.1, 0.15) is 11.5 Å². The minimum Gasteiger partial charge on any atom is -0.493 e. The molecule has 0 N–H and O–H groups in total. The molecule has 0 radical (unpaired) electrons. The maximum Gasteiger partial charge on any atom is 0.254 e. The highest BCUT2D eigenvalue weighted by molar-refractivity contribution is 5.95. The summed E-state index contributed by atoms with van der Waals surface area (Å²) in [5.74, 6) is 1.96. The normalized spacial score (nSPS) is 14.6. The Balaban J connectivity index is 1.66. The van der Waals surface area contributed by atoms with Crippen LogP contribution in [-0.2, 0) is 19.4 Å². The highest BCUT2D eigenvalue weighted by atomic mass is 16.5. The number of benzene rings is 2. The van der Waals surface area contributed by atoms with Crippen LogP contribution in [0.3, 0.4) is 0 Å². The summed E-state index contributed by atoms with van der Waals surface area (Å²) in [4.78, 5) is 14.6. The molecule has 0 fully saturated rings. The van der Waals surface area contributed by atoms with Crippen LogP contribution in [0.2, 0.25) is 0 Å². The zero-order chi connectivity index (χ0) is 16.7. The number of rotatable bonds is 3. The van der Waals surface area contributed by atoms with E-state index < -0.39 is 0 Å². The summed E-state index contributed by atoms with van der Waals surface area (Å²) in [6.07, 6.45) is 1.79. The van der Waals surface area contributed by atoms with Crippen LogP contribution in [0.5, 0.6) is 11.5 Å². The molecular formula is C20H21NO3. The van der Waals surface area contributed by atoms with Crippen molar-refractivity contribution in [3.63, 3.8) is 0 Å². The molecule has 24 heavy (non-hydrogen) atoms. The van der Waals surface area contributed by atoms with E-state index in [0.29, 0.717) is 19.8 Å². The van der Waals surface area contributed by atoms with Crippen LogP contribution in [0.25, 0.3) is 0 Å². The zero-order valence-corrected chi connectivity index (χ0v) is 14.1. The number of nitrogens with zero attached hydrogens (tertiary/aromatic N) is 1. The first-order chi connectivity index (χ1) is 11.6. The van der Waals surface area contributed by atoms with Crippen LogP contribution in [0.4, 0.5) is 0 Å². The molecule has 2 heterocycles. The molecule has 4 nitrogen and oxygen atoms in total. The molecule has 0 atom stereocenters. The van der Waals surface area contributed by atoms with E-state index in [2.05, 4.69) is 6.07 Å². The van der Waals surface area contributed by atoms with Gasteiger partial charge in [0.15, 0.2) is 0 Å². The first kappa shape index (κ1) is 15.1. The molecule has 0 saturated heterocycles. The predicted octanol–water partition coefficient (Wildman–Crippen LogP) is 3.14. The Morgan fingerprint density at radius 2 is 1.96 bits per heavy atom. The van der Waals surface area contributed by atoms with Crippen LogP contribution < -0.4 is 9.47 Å². The van der Waals surface area contributed by atoms with Gasteiger partial charge >= 0.3 is 0 Å². The van der Waals surface area contributed by atoms with Crippen LogP contribution >= 0.6 is 0 Å². The Kier molecular flexibility index (Phi) is 3.68. The van der Waals surface area contributed by atoms with Gasteiger partial charge in [-0.2, -0.15) is 0 Å². The number of carbonyl (C=O) groups excluding carboxylic acids is 1. The van der Waals surface area contributed by atoms with Crippen LogP contribution in [-0.4, -0.2) is 31.1 Å². The van der Waals surface area contributed by atoms with Gasteiger partial charge < -0.3 is 14.4 Å². The highest BCUT2D eigenvalue weighted by Crippen LogP contribution is 2.41. The van der Waals surface area contributed by atoms with Gasteiger partial charge in [-0.15, -0.1) is 0 Å². The lowest BCUT2D eigenvalue weighted by atomic mass is 9.99. The zero-order valence-electron chi connectivity index (χ0n) is 14.1. The maximum atomic E-state index is 12.8. The van der Waals surface area contributed by atoms with Gasteiger partial charge in [-0.25, -0.2) is 0 Å². The van der Waals surface area contributed by atoms with Gasteiger partial charge in [-0.1, -0.05) is 18.2 Å². The number of fused-ring (bicyclic) bond motifs is 2. The first-order valence-corrected chi connectivity index (χ1v) is 8.39. The van der Waals surface area contributed by atoms with E-state index in [4.69, 9.17) is 9.47 Å². The Hall–Kier alpha value is -2.49. The predicted molar refractivity (Wildman–Crippen MR) is 91.8 cm³/mol. The second-order valence-electron chi connectivity index (χ2n) is 6.49. The quantitative estimate of drug-likeness (QED) is 0.871. The fourth-order valence-electron chi connectivity index (χ4n) is 3.58. The van der Waals surface area contributed by atoms with Gasteiger partial charge in [0.25, 0.3) is 5.91 Å². The van der Waals surface area contributed by atoms with Crippen molar-refractivity contribution in [1.29, 1.82) is 0 Å².